The summed E-state index contributed by atoms with van der Waals surface area (Å²) in [6.07, 6.45) is 0. The molecule has 0 N–H and O–H groups in total. The Labute approximate surface area is 156 Å². The van der Waals surface area contributed by atoms with Crippen molar-refractivity contribution in [1.29, 1.82) is 0 Å². The van der Waals surface area contributed by atoms with Crippen LogP contribution in [0.1, 0.15) is 5.56 Å². The molecular weight excluding hydrogens is 376 g/mol. The first kappa shape index (κ1) is 17.6. The molecule has 3 heterocycles. The van der Waals surface area contributed by atoms with Crippen LogP contribution in [0.4, 0.5) is 0 Å². The predicted octanol–water partition coefficient (Wildman–Crippen LogP) is 1.99. The van der Waals surface area contributed by atoms with Crippen LogP contribution in [-0.2, 0) is 16.6 Å². The van der Waals surface area contributed by atoms with E-state index in [9.17, 15) is 8.42 Å². The first-order chi connectivity index (χ1) is 12.6. The Kier molecular flexibility index (Phi) is 4.78. The van der Waals surface area contributed by atoms with Crippen molar-refractivity contribution in [2.75, 3.05) is 40.1 Å². The highest BCUT2D eigenvalue weighted by Gasteiger charge is 2.29. The highest BCUT2D eigenvalue weighted by Crippen LogP contribution is 2.42. The molecule has 0 amide bonds. The van der Waals surface area contributed by atoms with E-state index in [2.05, 4.69) is 4.90 Å². The summed E-state index contributed by atoms with van der Waals surface area (Å²) in [5.74, 6) is 2.00. The molecule has 0 unspecified atom stereocenters. The molecule has 0 bridgehead atoms. The lowest BCUT2D eigenvalue weighted by Crippen LogP contribution is -2.48. The Balaban J connectivity index is 1.42. The van der Waals surface area contributed by atoms with Crippen LogP contribution in [0.25, 0.3) is 0 Å². The van der Waals surface area contributed by atoms with Gasteiger partial charge in [0.2, 0.25) is 12.5 Å². The van der Waals surface area contributed by atoms with E-state index in [1.807, 2.05) is 12.1 Å². The maximum Gasteiger partial charge on any atom is 0.252 e. The van der Waals surface area contributed by atoms with Gasteiger partial charge < -0.3 is 14.2 Å². The maximum absolute atomic E-state index is 12.6. The van der Waals surface area contributed by atoms with Gasteiger partial charge in [-0.25, -0.2) is 8.42 Å². The van der Waals surface area contributed by atoms with Crippen LogP contribution in [0, 0.1) is 0 Å². The summed E-state index contributed by atoms with van der Waals surface area (Å²) in [7, 11) is -1.76. The van der Waals surface area contributed by atoms with E-state index in [0.29, 0.717) is 54.2 Å². The van der Waals surface area contributed by atoms with Gasteiger partial charge in [0.25, 0.3) is 10.0 Å². The molecule has 140 valence electrons. The summed E-state index contributed by atoms with van der Waals surface area (Å²) in [4.78, 5) is 2.23. The fraction of sp³-hybridized carbons (Fsp3) is 0.412. The van der Waals surface area contributed by atoms with E-state index in [1.165, 1.54) is 11.3 Å². The second-order valence-electron chi connectivity index (χ2n) is 6.14. The van der Waals surface area contributed by atoms with Gasteiger partial charge in [0.05, 0.1) is 7.11 Å². The summed E-state index contributed by atoms with van der Waals surface area (Å²) in [6, 6.07) is 7.33. The van der Waals surface area contributed by atoms with Crippen molar-refractivity contribution in [3.05, 3.63) is 35.2 Å². The molecule has 9 heteroatoms. The highest BCUT2D eigenvalue weighted by atomic mass is 32.2. The number of methoxy groups -OCH3 is 1. The molecule has 2 aliphatic rings. The van der Waals surface area contributed by atoms with Gasteiger partial charge in [-0.15, -0.1) is 11.3 Å². The number of hydrogen-bond acceptors (Lipinski definition) is 7. The van der Waals surface area contributed by atoms with Gasteiger partial charge in [-0.3, -0.25) is 4.90 Å². The largest absolute Gasteiger partial charge is 0.493 e. The summed E-state index contributed by atoms with van der Waals surface area (Å²) < 4.78 is 43.4. The lowest BCUT2D eigenvalue weighted by Gasteiger charge is -2.33. The third kappa shape index (κ3) is 3.27. The second kappa shape index (κ2) is 7.07. The Morgan fingerprint density at radius 1 is 1.19 bits per heavy atom. The van der Waals surface area contributed by atoms with Crippen LogP contribution < -0.4 is 14.2 Å². The minimum atomic E-state index is -3.37. The lowest BCUT2D eigenvalue weighted by molar-refractivity contribution is 0.171. The molecule has 1 saturated heterocycles. The lowest BCUT2D eigenvalue weighted by atomic mass is 10.1. The molecule has 2 aliphatic heterocycles. The van der Waals surface area contributed by atoms with Crippen LogP contribution in [0.15, 0.2) is 33.9 Å². The Morgan fingerprint density at radius 2 is 2.00 bits per heavy atom. The van der Waals surface area contributed by atoms with Crippen molar-refractivity contribution in [2.45, 2.75) is 10.8 Å². The van der Waals surface area contributed by atoms with Gasteiger partial charge in [-0.1, -0.05) is 6.07 Å². The van der Waals surface area contributed by atoms with Gasteiger partial charge in [0.1, 0.15) is 4.21 Å². The topological polar surface area (TPSA) is 68.3 Å². The predicted molar refractivity (Wildman–Crippen MR) is 97.5 cm³/mol. The zero-order valence-electron chi connectivity index (χ0n) is 14.4. The standard InChI is InChI=1S/C17H20N2O5S2/c1-22-14-9-13(10-15-17(14)24-12-23-15)11-18-4-6-19(7-5-18)26(20,21)16-3-2-8-25-16/h2-3,8-10H,4-7,11-12H2,1H3. The Bertz CT molecular complexity index is 875. The monoisotopic (exact) mass is 396 g/mol. The molecule has 0 radical (unpaired) electrons. The molecule has 4 rings (SSSR count). The van der Waals surface area contributed by atoms with Gasteiger partial charge in [-0.05, 0) is 29.1 Å². The molecule has 0 spiro atoms. The molecule has 0 saturated carbocycles. The van der Waals surface area contributed by atoms with E-state index in [-0.39, 0.29) is 6.79 Å². The minimum absolute atomic E-state index is 0.203. The molecule has 0 aliphatic carbocycles. The smallest absolute Gasteiger partial charge is 0.252 e. The molecule has 1 aromatic carbocycles. The molecule has 1 fully saturated rings. The van der Waals surface area contributed by atoms with Crippen molar-refractivity contribution in [1.82, 2.24) is 9.21 Å². The van der Waals surface area contributed by atoms with Crippen LogP contribution in [0.5, 0.6) is 17.2 Å². The number of rotatable bonds is 5. The van der Waals surface area contributed by atoms with E-state index >= 15 is 0 Å². The number of nitrogens with zero attached hydrogens (tertiary/aromatic N) is 2. The zero-order valence-corrected chi connectivity index (χ0v) is 16.0. The highest BCUT2D eigenvalue weighted by molar-refractivity contribution is 7.91. The number of benzene rings is 1. The molecule has 1 aromatic heterocycles. The van der Waals surface area contributed by atoms with Crippen molar-refractivity contribution in [2.24, 2.45) is 0 Å². The van der Waals surface area contributed by atoms with E-state index < -0.39 is 10.0 Å². The zero-order chi connectivity index (χ0) is 18.1. The Hall–Kier alpha value is -1.81. The number of ether oxygens (including phenoxy) is 3. The van der Waals surface area contributed by atoms with E-state index in [1.54, 1.807) is 28.9 Å². The molecular formula is C17H20N2O5S2. The van der Waals surface area contributed by atoms with E-state index in [4.69, 9.17) is 14.2 Å². The molecule has 7 nitrogen and oxygen atoms in total. The summed E-state index contributed by atoms with van der Waals surface area (Å²) in [5, 5.41) is 1.79. The molecule has 0 atom stereocenters. The summed E-state index contributed by atoms with van der Waals surface area (Å²) in [6.45, 7) is 3.25. The van der Waals surface area contributed by atoms with Gasteiger partial charge in [0.15, 0.2) is 11.5 Å². The third-order valence-electron chi connectivity index (χ3n) is 4.54. The van der Waals surface area contributed by atoms with Crippen LogP contribution in [0.2, 0.25) is 0 Å². The number of thiophene rings is 1. The minimum Gasteiger partial charge on any atom is -0.493 e. The van der Waals surface area contributed by atoms with Gasteiger partial charge >= 0.3 is 0 Å². The van der Waals surface area contributed by atoms with Gasteiger partial charge in [-0.2, -0.15) is 4.31 Å². The van der Waals surface area contributed by atoms with Crippen molar-refractivity contribution < 1.29 is 22.6 Å². The van der Waals surface area contributed by atoms with E-state index in [0.717, 1.165) is 5.56 Å². The van der Waals surface area contributed by atoms with Crippen molar-refractivity contribution >= 4 is 21.4 Å². The van der Waals surface area contributed by atoms with Crippen LogP contribution in [0.3, 0.4) is 0 Å². The fourth-order valence-electron chi connectivity index (χ4n) is 3.20. The SMILES string of the molecule is COc1cc(CN2CCN(S(=O)(=O)c3cccs3)CC2)cc2c1OCO2. The Morgan fingerprint density at radius 3 is 2.69 bits per heavy atom. The molecule has 26 heavy (non-hydrogen) atoms. The van der Waals surface area contributed by atoms with Crippen molar-refractivity contribution in [3.8, 4) is 17.2 Å². The fourth-order valence-corrected chi connectivity index (χ4v) is 5.77. The first-order valence-electron chi connectivity index (χ1n) is 8.30. The first-order valence-corrected chi connectivity index (χ1v) is 10.6. The van der Waals surface area contributed by atoms with Crippen molar-refractivity contribution in [3.63, 3.8) is 0 Å². The normalized spacial score (nSPS) is 18.2. The number of fused-ring (bicyclic) bond motifs is 1. The number of sulfonamides is 1. The van der Waals surface area contributed by atoms with Gasteiger partial charge in [0, 0.05) is 32.7 Å². The number of piperazine rings is 1. The average Bonchev–Trinajstić information content (AvgIpc) is 3.33. The average molecular weight is 396 g/mol. The maximum atomic E-state index is 12.6. The summed E-state index contributed by atoms with van der Waals surface area (Å²) in [5.41, 5.74) is 1.06. The van der Waals surface area contributed by atoms with Crippen LogP contribution >= 0.6 is 11.3 Å². The third-order valence-corrected chi connectivity index (χ3v) is 7.82. The molecule has 2 aromatic rings. The second-order valence-corrected chi connectivity index (χ2v) is 9.26. The summed E-state index contributed by atoms with van der Waals surface area (Å²) >= 11 is 1.26. The number of hydrogen-bond donors (Lipinski definition) is 0. The quantitative estimate of drug-likeness (QED) is 0.770. The van der Waals surface area contributed by atoms with Crippen LogP contribution in [-0.4, -0.2) is 57.7 Å².